The van der Waals surface area contributed by atoms with Crippen LogP contribution in [0.25, 0.3) is 11.0 Å². The Morgan fingerprint density at radius 1 is 1.13 bits per heavy atom. The van der Waals surface area contributed by atoms with E-state index in [0.29, 0.717) is 30.4 Å². The van der Waals surface area contributed by atoms with Gasteiger partial charge < -0.3 is 4.90 Å². The second-order valence-corrected chi connectivity index (χ2v) is 10.4. The van der Waals surface area contributed by atoms with Crippen LogP contribution in [0.4, 0.5) is 5.69 Å². The number of rotatable bonds is 3. The van der Waals surface area contributed by atoms with Crippen molar-refractivity contribution >= 4 is 44.4 Å². The Labute approximate surface area is 179 Å². The van der Waals surface area contributed by atoms with Crippen LogP contribution in [0.3, 0.4) is 0 Å². The van der Waals surface area contributed by atoms with Crippen molar-refractivity contribution in [2.24, 2.45) is 5.92 Å². The highest BCUT2D eigenvalue weighted by atomic mass is 32.2. The predicted molar refractivity (Wildman–Crippen MR) is 116 cm³/mol. The van der Waals surface area contributed by atoms with Crippen LogP contribution in [-0.2, 0) is 21.2 Å². The summed E-state index contributed by atoms with van der Waals surface area (Å²) in [4.78, 5) is 15.5. The Morgan fingerprint density at radius 3 is 2.83 bits per heavy atom. The molecule has 1 aromatic heterocycles. The summed E-state index contributed by atoms with van der Waals surface area (Å²) in [5.41, 5.74) is 3.10. The van der Waals surface area contributed by atoms with Crippen molar-refractivity contribution in [3.05, 3.63) is 48.0 Å². The molecule has 2 aliphatic heterocycles. The monoisotopic (exact) mass is 442 g/mol. The summed E-state index contributed by atoms with van der Waals surface area (Å²) in [5.74, 6) is -0.337. The molecule has 0 radical (unpaired) electrons. The van der Waals surface area contributed by atoms with Gasteiger partial charge in [-0.05, 0) is 49.9 Å². The Kier molecular flexibility index (Phi) is 4.83. The minimum Gasteiger partial charge on any atom is -0.309 e. The van der Waals surface area contributed by atoms with E-state index in [2.05, 4.69) is 14.8 Å². The largest absolute Gasteiger partial charge is 0.309 e. The molecule has 5 rings (SSSR count). The summed E-state index contributed by atoms with van der Waals surface area (Å²) in [5, 5.41) is 0. The van der Waals surface area contributed by atoms with E-state index in [4.69, 9.17) is 0 Å². The van der Waals surface area contributed by atoms with E-state index in [1.165, 1.54) is 9.87 Å². The zero-order valence-electron chi connectivity index (χ0n) is 16.6. The first-order valence-corrected chi connectivity index (χ1v) is 12.3. The zero-order valence-corrected chi connectivity index (χ0v) is 18.2. The van der Waals surface area contributed by atoms with Gasteiger partial charge in [0.05, 0.1) is 17.6 Å². The van der Waals surface area contributed by atoms with Gasteiger partial charge in [-0.1, -0.05) is 24.3 Å². The number of anilines is 1. The summed E-state index contributed by atoms with van der Waals surface area (Å²) in [7, 11) is -3.76. The molecule has 9 heteroatoms. The number of fused-ring (bicyclic) bond motifs is 2. The Hall–Kier alpha value is -2.36. The predicted octanol–water partition coefficient (Wildman–Crippen LogP) is 3.07. The van der Waals surface area contributed by atoms with Crippen molar-refractivity contribution in [3.63, 3.8) is 0 Å². The van der Waals surface area contributed by atoms with Crippen LogP contribution in [0.1, 0.15) is 25.3 Å². The molecule has 0 N–H and O–H groups in total. The highest BCUT2D eigenvalue weighted by molar-refractivity contribution is 7.89. The maximum Gasteiger partial charge on any atom is 0.245 e. The normalized spacial score (nSPS) is 22.4. The van der Waals surface area contributed by atoms with E-state index in [0.717, 1.165) is 23.8 Å². The van der Waals surface area contributed by atoms with Crippen molar-refractivity contribution in [1.82, 2.24) is 13.1 Å². The van der Waals surface area contributed by atoms with Crippen LogP contribution in [0.5, 0.6) is 0 Å². The summed E-state index contributed by atoms with van der Waals surface area (Å²) in [6.07, 6.45) is 2.18. The molecule has 0 aliphatic carbocycles. The number of hydrogen-bond donors (Lipinski definition) is 0. The van der Waals surface area contributed by atoms with E-state index in [1.807, 2.05) is 30.0 Å². The third-order valence-electron chi connectivity index (χ3n) is 6.04. The molecule has 7 nitrogen and oxygen atoms in total. The molecule has 3 heterocycles. The molecule has 0 unspecified atom stereocenters. The van der Waals surface area contributed by atoms with Gasteiger partial charge in [0.25, 0.3) is 0 Å². The molecule has 1 saturated heterocycles. The lowest BCUT2D eigenvalue weighted by atomic mass is 9.97. The summed E-state index contributed by atoms with van der Waals surface area (Å²) < 4.78 is 36.6. The van der Waals surface area contributed by atoms with Gasteiger partial charge >= 0.3 is 0 Å². The Morgan fingerprint density at radius 2 is 1.97 bits per heavy atom. The molecule has 0 bridgehead atoms. The number of piperidine rings is 1. The highest BCUT2D eigenvalue weighted by Gasteiger charge is 2.39. The number of carbonyl (C=O) groups is 1. The van der Waals surface area contributed by atoms with Gasteiger partial charge in [-0.15, -0.1) is 0 Å². The van der Waals surface area contributed by atoms with E-state index in [9.17, 15) is 13.2 Å². The van der Waals surface area contributed by atoms with Crippen LogP contribution in [0.15, 0.2) is 47.4 Å². The number of benzene rings is 2. The SMILES string of the molecule is C[C@@H]1Cc2ccccc2N1C(=O)[C@@H]1CCCN(S(=O)(=O)c2cccc3nsnc23)C1. The van der Waals surface area contributed by atoms with E-state index in [1.54, 1.807) is 18.2 Å². The van der Waals surface area contributed by atoms with Crippen LogP contribution >= 0.6 is 11.7 Å². The molecule has 156 valence electrons. The van der Waals surface area contributed by atoms with Gasteiger partial charge in [0, 0.05) is 24.8 Å². The van der Waals surface area contributed by atoms with Crippen molar-refractivity contribution in [3.8, 4) is 0 Å². The Bertz CT molecular complexity index is 1220. The first-order valence-electron chi connectivity index (χ1n) is 10.1. The summed E-state index contributed by atoms with van der Waals surface area (Å²) in [6.45, 7) is 2.65. The lowest BCUT2D eigenvalue weighted by Crippen LogP contribution is -2.48. The zero-order chi connectivity index (χ0) is 20.9. The van der Waals surface area contributed by atoms with Crippen LogP contribution < -0.4 is 4.90 Å². The quantitative estimate of drug-likeness (QED) is 0.623. The fourth-order valence-electron chi connectivity index (χ4n) is 4.59. The van der Waals surface area contributed by atoms with E-state index >= 15 is 0 Å². The number of sulfonamides is 1. The molecule has 1 fully saturated rings. The number of carbonyl (C=O) groups excluding carboxylic acids is 1. The van der Waals surface area contributed by atoms with E-state index < -0.39 is 10.0 Å². The number of aromatic nitrogens is 2. The van der Waals surface area contributed by atoms with Crippen LogP contribution in [0, 0.1) is 5.92 Å². The lowest BCUT2D eigenvalue weighted by Gasteiger charge is -2.34. The average molecular weight is 443 g/mol. The maximum atomic E-state index is 13.4. The molecule has 2 atom stereocenters. The van der Waals surface area contributed by atoms with Gasteiger partial charge in [-0.3, -0.25) is 4.79 Å². The van der Waals surface area contributed by atoms with Gasteiger partial charge in [-0.25, -0.2) is 8.42 Å². The molecule has 0 saturated carbocycles. The van der Waals surface area contributed by atoms with E-state index in [-0.39, 0.29) is 29.3 Å². The van der Waals surface area contributed by atoms with Crippen LogP contribution in [0.2, 0.25) is 0 Å². The first kappa shape index (κ1) is 19.6. The maximum absolute atomic E-state index is 13.4. The lowest BCUT2D eigenvalue weighted by molar-refractivity contribution is -0.123. The number of nitrogens with zero attached hydrogens (tertiary/aromatic N) is 4. The van der Waals surface area contributed by atoms with Gasteiger partial charge in [-0.2, -0.15) is 13.1 Å². The molecule has 30 heavy (non-hydrogen) atoms. The minimum atomic E-state index is -3.76. The molecular formula is C21H22N4O3S2. The van der Waals surface area contributed by atoms with Gasteiger partial charge in [0.15, 0.2) is 0 Å². The molecule has 3 aromatic rings. The number of amides is 1. The van der Waals surface area contributed by atoms with Gasteiger partial charge in [0.1, 0.15) is 15.9 Å². The Balaban J connectivity index is 1.42. The molecule has 2 aliphatic rings. The van der Waals surface area contributed by atoms with Crippen LogP contribution in [-0.4, -0.2) is 46.5 Å². The second kappa shape index (κ2) is 7.40. The van der Waals surface area contributed by atoms with Crippen molar-refractivity contribution in [2.75, 3.05) is 18.0 Å². The van der Waals surface area contributed by atoms with Crippen molar-refractivity contribution < 1.29 is 13.2 Å². The fourth-order valence-corrected chi connectivity index (χ4v) is 6.87. The number of para-hydroxylation sites is 1. The molecule has 1 amide bonds. The standard InChI is InChI=1S/C21H22N4O3S2/c1-14-12-15-6-2-3-9-18(15)25(14)21(26)16-7-5-11-24(13-16)30(27,28)19-10-4-8-17-20(19)23-29-22-17/h2-4,6,8-10,14,16H,5,7,11-13H2,1H3/t14-,16-/m1/s1. The third kappa shape index (κ3) is 3.12. The first-order chi connectivity index (χ1) is 14.5. The minimum absolute atomic E-state index is 0.0147. The number of hydrogen-bond acceptors (Lipinski definition) is 6. The smallest absolute Gasteiger partial charge is 0.245 e. The summed E-state index contributed by atoms with van der Waals surface area (Å²) >= 11 is 1.00. The topological polar surface area (TPSA) is 83.5 Å². The fraction of sp³-hybridized carbons (Fsp3) is 0.381. The molecule has 2 aromatic carbocycles. The highest BCUT2D eigenvalue weighted by Crippen LogP contribution is 2.35. The van der Waals surface area contributed by atoms with Gasteiger partial charge in [0.2, 0.25) is 15.9 Å². The molecular weight excluding hydrogens is 420 g/mol. The van der Waals surface area contributed by atoms with Crippen molar-refractivity contribution in [2.45, 2.75) is 37.1 Å². The average Bonchev–Trinajstić information content (AvgIpc) is 3.36. The molecule has 0 spiro atoms. The third-order valence-corrected chi connectivity index (χ3v) is 8.48. The summed E-state index contributed by atoms with van der Waals surface area (Å²) in [6, 6.07) is 13.1. The van der Waals surface area contributed by atoms with Crippen molar-refractivity contribution in [1.29, 1.82) is 0 Å². The second-order valence-electron chi connectivity index (χ2n) is 7.98.